The number of rotatable bonds is 5. The minimum Gasteiger partial charge on any atom is -0.481 e. The van der Waals surface area contributed by atoms with Crippen molar-refractivity contribution in [3.8, 4) is 5.75 Å². The van der Waals surface area contributed by atoms with Gasteiger partial charge in [0.25, 0.3) is 0 Å². The van der Waals surface area contributed by atoms with Crippen molar-refractivity contribution in [3.63, 3.8) is 0 Å². The van der Waals surface area contributed by atoms with Crippen molar-refractivity contribution in [2.45, 2.75) is 59.4 Å². The van der Waals surface area contributed by atoms with Gasteiger partial charge in [0, 0.05) is 23.6 Å². The highest BCUT2D eigenvalue weighted by Crippen LogP contribution is 2.47. The van der Waals surface area contributed by atoms with Crippen LogP contribution in [0.4, 0.5) is 0 Å². The first-order chi connectivity index (χ1) is 14.5. The summed E-state index contributed by atoms with van der Waals surface area (Å²) in [6, 6.07) is 6.41. The average Bonchev–Trinajstić information content (AvgIpc) is 2.99. The van der Waals surface area contributed by atoms with Crippen LogP contribution in [0.3, 0.4) is 0 Å². The molecule has 0 spiro atoms. The second-order valence-electron chi connectivity index (χ2n) is 8.51. The zero-order chi connectivity index (χ0) is 22.9. The molecule has 7 nitrogen and oxygen atoms in total. The number of carbonyl (C=O) groups is 2. The molecule has 0 fully saturated rings. The lowest BCUT2D eigenvalue weighted by atomic mass is 9.93. The normalized spacial score (nSPS) is 17.4. The van der Waals surface area contributed by atoms with Crippen molar-refractivity contribution < 1.29 is 28.2 Å². The summed E-state index contributed by atoms with van der Waals surface area (Å²) in [6.07, 6.45) is 0.922. The van der Waals surface area contributed by atoms with Crippen LogP contribution in [-0.4, -0.2) is 23.6 Å². The molecule has 0 saturated carbocycles. The van der Waals surface area contributed by atoms with Gasteiger partial charge in [-0.2, -0.15) is 0 Å². The van der Waals surface area contributed by atoms with Crippen molar-refractivity contribution in [2.24, 2.45) is 0 Å². The summed E-state index contributed by atoms with van der Waals surface area (Å²) >= 11 is 0. The molecule has 1 aromatic heterocycles. The maximum atomic E-state index is 12.5. The third-order valence-corrected chi connectivity index (χ3v) is 4.71. The number of allylic oxidation sites excluding steroid dienone is 2. The third kappa shape index (κ3) is 4.87. The van der Waals surface area contributed by atoms with Crippen LogP contribution < -0.4 is 10.4 Å². The molecule has 0 saturated heterocycles. The van der Waals surface area contributed by atoms with Gasteiger partial charge in [-0.1, -0.05) is 11.1 Å². The number of ether oxygens (including phenoxy) is 3. The Bertz CT molecular complexity index is 1140. The van der Waals surface area contributed by atoms with E-state index in [0.29, 0.717) is 16.7 Å². The molecule has 0 unspecified atom stereocenters. The van der Waals surface area contributed by atoms with Crippen LogP contribution >= 0.6 is 0 Å². The van der Waals surface area contributed by atoms with Gasteiger partial charge in [0.2, 0.25) is 0 Å². The molecule has 7 heteroatoms. The van der Waals surface area contributed by atoms with E-state index in [0.717, 1.165) is 11.1 Å². The molecule has 2 atom stereocenters. The van der Waals surface area contributed by atoms with E-state index >= 15 is 0 Å². The molecule has 31 heavy (non-hydrogen) atoms. The predicted octanol–water partition coefficient (Wildman–Crippen LogP) is 4.39. The van der Waals surface area contributed by atoms with Gasteiger partial charge < -0.3 is 18.6 Å². The molecule has 2 heterocycles. The number of fused-ring (bicyclic) bond motifs is 3. The summed E-state index contributed by atoms with van der Waals surface area (Å²) < 4.78 is 22.9. The monoisotopic (exact) mass is 426 g/mol. The van der Waals surface area contributed by atoms with Crippen LogP contribution in [0.2, 0.25) is 0 Å². The van der Waals surface area contributed by atoms with Gasteiger partial charge in [-0.05, 0) is 59.7 Å². The van der Waals surface area contributed by atoms with Crippen molar-refractivity contribution in [1.82, 2.24) is 0 Å². The van der Waals surface area contributed by atoms with Gasteiger partial charge in [0.15, 0.2) is 12.2 Å². The first kappa shape index (κ1) is 22.3. The van der Waals surface area contributed by atoms with Gasteiger partial charge >= 0.3 is 17.6 Å². The molecule has 164 valence electrons. The van der Waals surface area contributed by atoms with Crippen LogP contribution in [0.15, 0.2) is 56.8 Å². The van der Waals surface area contributed by atoms with Gasteiger partial charge in [0.05, 0.1) is 5.56 Å². The topological polar surface area (TPSA) is 92.0 Å². The Labute approximate surface area is 180 Å². The van der Waals surface area contributed by atoms with E-state index < -0.39 is 35.4 Å². The lowest BCUT2D eigenvalue weighted by molar-refractivity contribution is -0.171. The highest BCUT2D eigenvalue weighted by molar-refractivity contribution is 5.86. The Morgan fingerprint density at radius 2 is 1.58 bits per heavy atom. The van der Waals surface area contributed by atoms with Crippen molar-refractivity contribution in [2.75, 3.05) is 0 Å². The smallest absolute Gasteiger partial charge is 0.336 e. The fourth-order valence-corrected chi connectivity index (χ4v) is 3.46. The largest absolute Gasteiger partial charge is 0.481 e. The summed E-state index contributed by atoms with van der Waals surface area (Å²) in [4.78, 5) is 36.7. The van der Waals surface area contributed by atoms with Crippen molar-refractivity contribution in [1.29, 1.82) is 0 Å². The van der Waals surface area contributed by atoms with E-state index in [-0.39, 0.29) is 5.58 Å². The number of hydrogen-bond acceptors (Lipinski definition) is 7. The molecule has 3 rings (SSSR count). The number of hydrogen-bond donors (Lipinski definition) is 0. The molecule has 2 aromatic rings. The number of esters is 2. The van der Waals surface area contributed by atoms with Crippen molar-refractivity contribution in [3.05, 3.63) is 63.5 Å². The lowest BCUT2D eigenvalue weighted by Gasteiger charge is -2.33. The molecular weight excluding hydrogens is 400 g/mol. The van der Waals surface area contributed by atoms with Gasteiger partial charge in [0.1, 0.15) is 16.9 Å². The molecule has 0 amide bonds. The second-order valence-corrected chi connectivity index (χ2v) is 8.51. The molecule has 1 aromatic carbocycles. The highest BCUT2D eigenvalue weighted by Gasteiger charge is 2.50. The summed E-state index contributed by atoms with van der Waals surface area (Å²) in [5, 5.41) is 0.658. The van der Waals surface area contributed by atoms with Crippen molar-refractivity contribution >= 4 is 22.9 Å². The first-order valence-electron chi connectivity index (χ1n) is 9.95. The van der Waals surface area contributed by atoms with E-state index in [1.54, 1.807) is 59.7 Å². The Balaban J connectivity index is 2.09. The van der Waals surface area contributed by atoms with E-state index in [1.165, 1.54) is 18.2 Å². The predicted molar refractivity (Wildman–Crippen MR) is 115 cm³/mol. The third-order valence-electron chi connectivity index (χ3n) is 4.71. The maximum Gasteiger partial charge on any atom is 0.336 e. The standard InChI is InChI=1S/C24H26O7/c1-13(2)11-18(26)30-22-20-16(9-7-15-8-10-17(25)29-21(15)20)28-23(22)24(5,6)31-19(27)12-14(3)4/h7-12,22-23H,1-6H3/t22-,23+/m1/s1. The van der Waals surface area contributed by atoms with E-state index in [1.807, 2.05) is 0 Å². The Morgan fingerprint density at radius 3 is 2.23 bits per heavy atom. The molecule has 0 N–H and O–H groups in total. The number of benzene rings is 1. The van der Waals surface area contributed by atoms with Crippen LogP contribution in [0.5, 0.6) is 5.75 Å². The summed E-state index contributed by atoms with van der Waals surface area (Å²) in [6.45, 7) is 10.5. The Kier molecular flexibility index (Phi) is 6.06. The summed E-state index contributed by atoms with van der Waals surface area (Å²) in [7, 11) is 0. The maximum absolute atomic E-state index is 12.5. The SMILES string of the molecule is CC(C)=CC(=O)O[C@@H]1c2c(ccc3ccc(=O)oc23)O[C@@H]1C(C)(C)OC(=O)C=C(C)C. The molecule has 0 radical (unpaired) electrons. The first-order valence-corrected chi connectivity index (χ1v) is 9.95. The molecular formula is C24H26O7. The fraction of sp³-hybridized carbons (Fsp3) is 0.375. The minimum atomic E-state index is -1.17. The second kappa shape index (κ2) is 8.41. The van der Waals surface area contributed by atoms with Gasteiger partial charge in [-0.3, -0.25) is 0 Å². The Hall–Kier alpha value is -3.35. The van der Waals surface area contributed by atoms with Gasteiger partial charge in [-0.25, -0.2) is 14.4 Å². The fourth-order valence-electron chi connectivity index (χ4n) is 3.46. The summed E-state index contributed by atoms with van der Waals surface area (Å²) in [5.41, 5.74) is 0.554. The van der Waals surface area contributed by atoms with E-state index in [4.69, 9.17) is 18.6 Å². The van der Waals surface area contributed by atoms with Crippen LogP contribution in [0.1, 0.15) is 53.2 Å². The average molecular weight is 426 g/mol. The number of carbonyl (C=O) groups excluding carboxylic acids is 2. The van der Waals surface area contributed by atoms with E-state index in [9.17, 15) is 14.4 Å². The molecule has 1 aliphatic rings. The van der Waals surface area contributed by atoms with Gasteiger partial charge in [-0.15, -0.1) is 0 Å². The van der Waals surface area contributed by atoms with Crippen LogP contribution in [-0.2, 0) is 19.1 Å². The van der Waals surface area contributed by atoms with E-state index in [2.05, 4.69) is 0 Å². The Morgan fingerprint density at radius 1 is 0.968 bits per heavy atom. The van der Waals surface area contributed by atoms with Crippen LogP contribution in [0.25, 0.3) is 11.0 Å². The summed E-state index contributed by atoms with van der Waals surface area (Å²) in [5.74, 6) is -0.711. The minimum absolute atomic E-state index is 0.272. The zero-order valence-electron chi connectivity index (χ0n) is 18.5. The van der Waals surface area contributed by atoms with Crippen LogP contribution in [0, 0.1) is 0 Å². The highest BCUT2D eigenvalue weighted by atomic mass is 16.6. The molecule has 0 bridgehead atoms. The molecule has 0 aliphatic carbocycles. The zero-order valence-corrected chi connectivity index (χ0v) is 18.5. The quantitative estimate of drug-likeness (QED) is 0.398. The lowest BCUT2D eigenvalue weighted by Crippen LogP contribution is -2.46. The molecule has 1 aliphatic heterocycles.